The minimum Gasteiger partial charge on any atom is -0.384 e. The van der Waals surface area contributed by atoms with Gasteiger partial charge >= 0.3 is 0 Å². The van der Waals surface area contributed by atoms with Gasteiger partial charge in [-0.05, 0) is 12.8 Å². The van der Waals surface area contributed by atoms with Gasteiger partial charge in [-0.3, -0.25) is 0 Å². The molecule has 1 aromatic heterocycles. The zero-order chi connectivity index (χ0) is 11.2. The van der Waals surface area contributed by atoms with Crippen molar-refractivity contribution in [3.05, 3.63) is 11.5 Å². The summed E-state index contributed by atoms with van der Waals surface area (Å²) < 4.78 is 2.05. The van der Waals surface area contributed by atoms with E-state index >= 15 is 0 Å². The molecule has 0 bridgehead atoms. The third kappa shape index (κ3) is 1.64. The topological polar surface area (TPSA) is 43.8 Å². The van der Waals surface area contributed by atoms with Gasteiger partial charge in [0, 0.05) is 18.4 Å². The van der Waals surface area contributed by atoms with Crippen LogP contribution < -0.4 is 5.73 Å². The Morgan fingerprint density at radius 2 is 1.93 bits per heavy atom. The molecule has 0 atom stereocenters. The van der Waals surface area contributed by atoms with E-state index in [-0.39, 0.29) is 5.41 Å². The van der Waals surface area contributed by atoms with Crippen LogP contribution in [0.2, 0.25) is 0 Å². The molecule has 3 nitrogen and oxygen atoms in total. The highest BCUT2D eigenvalue weighted by Gasteiger charge is 2.29. The van der Waals surface area contributed by atoms with Gasteiger partial charge in [-0.1, -0.05) is 27.2 Å². The van der Waals surface area contributed by atoms with Gasteiger partial charge in [0.25, 0.3) is 0 Å². The highest BCUT2D eigenvalue weighted by Crippen LogP contribution is 2.39. The van der Waals surface area contributed by atoms with Crippen LogP contribution in [-0.2, 0) is 12.5 Å². The summed E-state index contributed by atoms with van der Waals surface area (Å²) in [7, 11) is 2.02. The van der Waals surface area contributed by atoms with E-state index in [0.29, 0.717) is 5.92 Å². The minimum absolute atomic E-state index is 0.0743. The molecule has 0 saturated heterocycles. The highest BCUT2D eigenvalue weighted by molar-refractivity contribution is 5.42. The van der Waals surface area contributed by atoms with Gasteiger partial charge < -0.3 is 10.3 Å². The maximum atomic E-state index is 6.11. The number of nitrogens with two attached hydrogens (primary N) is 1. The van der Waals surface area contributed by atoms with Crippen LogP contribution in [0.5, 0.6) is 0 Å². The molecule has 0 amide bonds. The Bertz CT molecular complexity index is 367. The van der Waals surface area contributed by atoms with Crippen LogP contribution in [0.15, 0.2) is 0 Å². The molecule has 1 heterocycles. The monoisotopic (exact) mass is 207 g/mol. The predicted octanol–water partition coefficient (Wildman–Crippen LogP) is 2.57. The summed E-state index contributed by atoms with van der Waals surface area (Å²) in [5.41, 5.74) is 7.32. The quantitative estimate of drug-likeness (QED) is 0.769. The SMILES string of the molecule is Cn1c(C(C)(C)C)nc(C2CCC2)c1N. The smallest absolute Gasteiger partial charge is 0.126 e. The van der Waals surface area contributed by atoms with Crippen molar-refractivity contribution >= 4 is 5.82 Å². The van der Waals surface area contributed by atoms with E-state index in [4.69, 9.17) is 10.7 Å². The van der Waals surface area contributed by atoms with Crippen molar-refractivity contribution in [2.45, 2.75) is 51.4 Å². The molecule has 0 unspecified atom stereocenters. The normalized spacial score (nSPS) is 17.9. The molecule has 0 radical (unpaired) electrons. The van der Waals surface area contributed by atoms with Crippen LogP contribution in [0.3, 0.4) is 0 Å². The second-order valence-electron chi connectivity index (χ2n) is 5.64. The van der Waals surface area contributed by atoms with E-state index in [1.165, 1.54) is 19.3 Å². The number of rotatable bonds is 1. The van der Waals surface area contributed by atoms with Crippen LogP contribution in [-0.4, -0.2) is 9.55 Å². The van der Waals surface area contributed by atoms with E-state index in [0.717, 1.165) is 17.3 Å². The fraction of sp³-hybridized carbons (Fsp3) is 0.750. The zero-order valence-electron chi connectivity index (χ0n) is 10.2. The lowest BCUT2D eigenvalue weighted by atomic mass is 9.83. The molecule has 1 aliphatic carbocycles. The zero-order valence-corrected chi connectivity index (χ0v) is 10.2. The maximum absolute atomic E-state index is 6.11. The van der Waals surface area contributed by atoms with Crippen LogP contribution in [0.4, 0.5) is 5.82 Å². The minimum atomic E-state index is 0.0743. The van der Waals surface area contributed by atoms with E-state index in [1.54, 1.807) is 0 Å². The van der Waals surface area contributed by atoms with Crippen LogP contribution >= 0.6 is 0 Å². The van der Waals surface area contributed by atoms with Gasteiger partial charge in [0.2, 0.25) is 0 Å². The molecule has 0 aliphatic heterocycles. The molecule has 15 heavy (non-hydrogen) atoms. The van der Waals surface area contributed by atoms with Crippen molar-refractivity contribution in [1.29, 1.82) is 0 Å². The van der Waals surface area contributed by atoms with Gasteiger partial charge in [0.1, 0.15) is 11.6 Å². The summed E-state index contributed by atoms with van der Waals surface area (Å²) in [6.07, 6.45) is 3.83. The summed E-state index contributed by atoms with van der Waals surface area (Å²) >= 11 is 0. The second-order valence-corrected chi connectivity index (χ2v) is 5.64. The summed E-state index contributed by atoms with van der Waals surface area (Å²) in [6, 6.07) is 0. The Kier molecular flexibility index (Phi) is 2.28. The average Bonchev–Trinajstić information content (AvgIpc) is 2.28. The average molecular weight is 207 g/mol. The van der Waals surface area contributed by atoms with Gasteiger partial charge in [0.15, 0.2) is 0 Å². The van der Waals surface area contributed by atoms with Crippen molar-refractivity contribution in [2.24, 2.45) is 7.05 Å². The van der Waals surface area contributed by atoms with Crippen molar-refractivity contribution < 1.29 is 0 Å². The third-order valence-electron chi connectivity index (χ3n) is 3.33. The van der Waals surface area contributed by atoms with Crippen LogP contribution in [0.25, 0.3) is 0 Å². The first-order chi connectivity index (χ1) is 6.91. The maximum Gasteiger partial charge on any atom is 0.126 e. The molecular weight excluding hydrogens is 186 g/mol. The summed E-state index contributed by atoms with van der Waals surface area (Å²) in [5, 5.41) is 0. The Hall–Kier alpha value is -0.990. The molecule has 1 aliphatic rings. The third-order valence-corrected chi connectivity index (χ3v) is 3.33. The standard InChI is InChI=1S/C12H21N3/c1-12(2,3)11-14-9(8-6-5-7-8)10(13)15(11)4/h8H,5-7,13H2,1-4H3. The van der Waals surface area contributed by atoms with Crippen molar-refractivity contribution in [3.8, 4) is 0 Å². The second kappa shape index (κ2) is 3.26. The van der Waals surface area contributed by atoms with E-state index in [9.17, 15) is 0 Å². The van der Waals surface area contributed by atoms with Gasteiger partial charge in [-0.15, -0.1) is 0 Å². The van der Waals surface area contributed by atoms with E-state index in [1.807, 2.05) is 11.6 Å². The number of nitrogen functional groups attached to an aromatic ring is 1. The Morgan fingerprint density at radius 1 is 1.33 bits per heavy atom. The number of anilines is 1. The summed E-state index contributed by atoms with van der Waals surface area (Å²) in [6.45, 7) is 6.54. The van der Waals surface area contributed by atoms with Crippen molar-refractivity contribution in [2.75, 3.05) is 5.73 Å². The Labute approximate surface area is 91.7 Å². The number of aromatic nitrogens is 2. The van der Waals surface area contributed by atoms with E-state index < -0.39 is 0 Å². The molecule has 2 rings (SSSR count). The molecule has 3 heteroatoms. The molecule has 0 aromatic carbocycles. The van der Waals surface area contributed by atoms with E-state index in [2.05, 4.69) is 20.8 Å². The fourth-order valence-electron chi connectivity index (χ4n) is 2.19. The lowest BCUT2D eigenvalue weighted by molar-refractivity contribution is 0.411. The van der Waals surface area contributed by atoms with Crippen LogP contribution in [0.1, 0.15) is 57.5 Å². The first-order valence-electron chi connectivity index (χ1n) is 5.74. The molecular formula is C12H21N3. The fourth-order valence-corrected chi connectivity index (χ4v) is 2.19. The molecule has 2 N–H and O–H groups in total. The van der Waals surface area contributed by atoms with Crippen molar-refractivity contribution in [1.82, 2.24) is 9.55 Å². The Morgan fingerprint density at radius 3 is 2.27 bits per heavy atom. The molecule has 1 saturated carbocycles. The van der Waals surface area contributed by atoms with Gasteiger partial charge in [-0.25, -0.2) is 4.98 Å². The lowest BCUT2D eigenvalue weighted by Gasteiger charge is -2.23. The molecule has 1 aromatic rings. The first kappa shape index (κ1) is 10.5. The molecule has 0 spiro atoms. The summed E-state index contributed by atoms with van der Waals surface area (Å²) in [5.74, 6) is 2.58. The molecule has 84 valence electrons. The van der Waals surface area contributed by atoms with Gasteiger partial charge in [0.05, 0.1) is 5.69 Å². The van der Waals surface area contributed by atoms with Gasteiger partial charge in [-0.2, -0.15) is 0 Å². The first-order valence-corrected chi connectivity index (χ1v) is 5.74. The summed E-state index contributed by atoms with van der Waals surface area (Å²) in [4.78, 5) is 4.74. The largest absolute Gasteiger partial charge is 0.384 e. The molecule has 1 fully saturated rings. The number of hydrogen-bond acceptors (Lipinski definition) is 2. The Balaban J connectivity index is 2.41. The number of hydrogen-bond donors (Lipinski definition) is 1. The predicted molar refractivity (Wildman–Crippen MR) is 62.9 cm³/mol. The lowest BCUT2D eigenvalue weighted by Crippen LogP contribution is -2.18. The number of nitrogens with zero attached hydrogens (tertiary/aromatic N) is 2. The van der Waals surface area contributed by atoms with Crippen LogP contribution in [0, 0.1) is 0 Å². The number of imidazole rings is 1. The highest BCUT2D eigenvalue weighted by atomic mass is 15.1. The van der Waals surface area contributed by atoms with Crippen molar-refractivity contribution in [3.63, 3.8) is 0 Å².